The molecule has 0 unspecified atom stereocenters. The number of sulfonamides is 1. The van der Waals surface area contributed by atoms with Gasteiger partial charge in [-0.25, -0.2) is 13.1 Å². The van der Waals surface area contributed by atoms with Gasteiger partial charge in [-0.2, -0.15) is 0 Å². The topological polar surface area (TPSA) is 107 Å². The molecule has 2 rings (SSSR count). The van der Waals surface area contributed by atoms with Crippen LogP contribution < -0.4 is 15.2 Å². The Balaban J connectivity index is 2.31. The number of aromatic nitrogens is 1. The highest BCUT2D eigenvalue weighted by atomic mass is 79.9. The first kappa shape index (κ1) is 14.8. The second-order valence-electron chi connectivity index (χ2n) is 3.83. The molecule has 0 saturated carbocycles. The van der Waals surface area contributed by atoms with E-state index in [1.54, 1.807) is 6.07 Å². The largest absolute Gasteiger partial charge is 0.495 e. The van der Waals surface area contributed by atoms with Gasteiger partial charge >= 0.3 is 0 Å². The van der Waals surface area contributed by atoms with Crippen molar-refractivity contribution in [3.05, 3.63) is 34.6 Å². The first-order chi connectivity index (χ1) is 9.44. The molecule has 0 atom stereocenters. The standard InChI is InChI=1S/C11H12BrN3O4S/c1-18-10-4-8(12)9(13)5-11(10)20(16,17)15-6-7-2-3-14-19-7/h2-5,15H,6,13H2,1H3. The maximum atomic E-state index is 12.2. The molecule has 0 amide bonds. The third-order valence-electron chi connectivity index (χ3n) is 2.50. The van der Waals surface area contributed by atoms with Crippen molar-refractivity contribution in [2.24, 2.45) is 0 Å². The van der Waals surface area contributed by atoms with Gasteiger partial charge in [0.25, 0.3) is 0 Å². The minimum absolute atomic E-state index is 0.0124. The summed E-state index contributed by atoms with van der Waals surface area (Å²) in [5, 5.41) is 3.49. The smallest absolute Gasteiger partial charge is 0.244 e. The predicted octanol–water partition coefficient (Wildman–Crippen LogP) is 1.51. The van der Waals surface area contributed by atoms with E-state index >= 15 is 0 Å². The minimum atomic E-state index is -3.78. The first-order valence-electron chi connectivity index (χ1n) is 5.46. The fourth-order valence-electron chi connectivity index (χ4n) is 1.50. The van der Waals surface area contributed by atoms with E-state index in [4.69, 9.17) is 15.0 Å². The van der Waals surface area contributed by atoms with Gasteiger partial charge in [-0.15, -0.1) is 0 Å². The lowest BCUT2D eigenvalue weighted by Crippen LogP contribution is -2.23. The number of hydrogen-bond donors (Lipinski definition) is 2. The number of hydrogen-bond acceptors (Lipinski definition) is 6. The number of halogens is 1. The molecule has 1 heterocycles. The van der Waals surface area contributed by atoms with Crippen molar-refractivity contribution in [3.63, 3.8) is 0 Å². The average molecular weight is 362 g/mol. The molecular formula is C11H12BrN3O4S. The average Bonchev–Trinajstić information content (AvgIpc) is 2.92. The summed E-state index contributed by atoms with van der Waals surface area (Å²) in [7, 11) is -2.40. The van der Waals surface area contributed by atoms with Crippen molar-refractivity contribution < 1.29 is 17.7 Å². The van der Waals surface area contributed by atoms with Crippen molar-refractivity contribution in [1.82, 2.24) is 9.88 Å². The second kappa shape index (κ2) is 5.81. The van der Waals surface area contributed by atoms with Crippen molar-refractivity contribution >= 4 is 31.6 Å². The molecule has 0 aliphatic carbocycles. The molecular weight excluding hydrogens is 350 g/mol. The van der Waals surface area contributed by atoms with Crippen LogP contribution in [0, 0.1) is 0 Å². The highest BCUT2D eigenvalue weighted by Gasteiger charge is 2.21. The Labute approximate surface area is 124 Å². The monoisotopic (exact) mass is 361 g/mol. The molecule has 7 nitrogen and oxygen atoms in total. The Hall–Kier alpha value is -1.58. The maximum Gasteiger partial charge on any atom is 0.244 e. The number of nitrogens with one attached hydrogen (secondary N) is 1. The van der Waals surface area contributed by atoms with Crippen LogP contribution in [0.15, 0.2) is 38.3 Å². The van der Waals surface area contributed by atoms with E-state index < -0.39 is 10.0 Å². The van der Waals surface area contributed by atoms with E-state index in [-0.39, 0.29) is 17.2 Å². The molecule has 3 N–H and O–H groups in total. The van der Waals surface area contributed by atoms with E-state index in [0.717, 1.165) is 0 Å². The molecule has 0 saturated heterocycles. The van der Waals surface area contributed by atoms with Crippen LogP contribution in [-0.2, 0) is 16.6 Å². The highest BCUT2D eigenvalue weighted by Crippen LogP contribution is 2.32. The second-order valence-corrected chi connectivity index (χ2v) is 6.42. The van der Waals surface area contributed by atoms with Crippen molar-refractivity contribution in [3.8, 4) is 5.75 Å². The summed E-state index contributed by atoms with van der Waals surface area (Å²) in [4.78, 5) is -0.0415. The van der Waals surface area contributed by atoms with Gasteiger partial charge in [0.2, 0.25) is 10.0 Å². The van der Waals surface area contributed by atoms with Crippen LogP contribution in [0.3, 0.4) is 0 Å². The number of rotatable bonds is 5. The van der Waals surface area contributed by atoms with Gasteiger partial charge in [0.1, 0.15) is 10.6 Å². The lowest BCUT2D eigenvalue weighted by Gasteiger charge is -2.11. The third-order valence-corrected chi connectivity index (χ3v) is 4.61. The molecule has 0 bridgehead atoms. The van der Waals surface area contributed by atoms with E-state index in [1.165, 1.54) is 25.4 Å². The van der Waals surface area contributed by atoms with E-state index in [9.17, 15) is 8.42 Å². The Morgan fingerprint density at radius 3 is 2.85 bits per heavy atom. The third kappa shape index (κ3) is 3.11. The van der Waals surface area contributed by atoms with Crippen LogP contribution in [0.4, 0.5) is 5.69 Å². The lowest BCUT2D eigenvalue weighted by molar-refractivity contribution is 0.379. The van der Waals surface area contributed by atoms with Gasteiger partial charge in [0.15, 0.2) is 5.76 Å². The van der Waals surface area contributed by atoms with E-state index in [0.29, 0.717) is 15.9 Å². The number of nitrogens with zero attached hydrogens (tertiary/aromatic N) is 1. The van der Waals surface area contributed by atoms with Crippen LogP contribution in [0.1, 0.15) is 5.76 Å². The Bertz CT molecular complexity index is 701. The van der Waals surface area contributed by atoms with Gasteiger partial charge in [0, 0.05) is 16.2 Å². The zero-order valence-electron chi connectivity index (χ0n) is 10.5. The lowest BCUT2D eigenvalue weighted by atomic mass is 10.3. The van der Waals surface area contributed by atoms with Crippen LogP contribution in [0.2, 0.25) is 0 Å². The number of nitrogen functional groups attached to an aromatic ring is 1. The number of methoxy groups -OCH3 is 1. The molecule has 0 aliphatic rings. The van der Waals surface area contributed by atoms with Crippen molar-refractivity contribution in [1.29, 1.82) is 0 Å². The molecule has 0 fully saturated rings. The van der Waals surface area contributed by atoms with Gasteiger partial charge in [-0.3, -0.25) is 0 Å². The minimum Gasteiger partial charge on any atom is -0.495 e. The molecule has 108 valence electrons. The van der Waals surface area contributed by atoms with Gasteiger partial charge in [0.05, 0.1) is 19.9 Å². The maximum absolute atomic E-state index is 12.2. The predicted molar refractivity (Wildman–Crippen MR) is 75.6 cm³/mol. The summed E-state index contributed by atoms with van der Waals surface area (Å²) in [6.45, 7) is -0.0124. The molecule has 0 aliphatic heterocycles. The number of benzene rings is 1. The van der Waals surface area contributed by atoms with Crippen LogP contribution in [0.5, 0.6) is 5.75 Å². The van der Waals surface area contributed by atoms with E-state index in [1.807, 2.05) is 0 Å². The van der Waals surface area contributed by atoms with Crippen molar-refractivity contribution in [2.75, 3.05) is 12.8 Å². The summed E-state index contributed by atoms with van der Waals surface area (Å²) < 4.78 is 37.3. The zero-order valence-corrected chi connectivity index (χ0v) is 12.9. The Kier molecular flexibility index (Phi) is 4.31. The summed E-state index contributed by atoms with van der Waals surface area (Å²) in [5.41, 5.74) is 6.01. The number of ether oxygens (including phenoxy) is 1. The molecule has 0 radical (unpaired) electrons. The van der Waals surface area contributed by atoms with Crippen LogP contribution >= 0.6 is 15.9 Å². The fraction of sp³-hybridized carbons (Fsp3) is 0.182. The van der Waals surface area contributed by atoms with Crippen LogP contribution in [0.25, 0.3) is 0 Å². The normalized spacial score (nSPS) is 11.5. The SMILES string of the molecule is COc1cc(Br)c(N)cc1S(=O)(=O)NCc1ccno1. The molecule has 20 heavy (non-hydrogen) atoms. The summed E-state index contributed by atoms with van der Waals surface area (Å²) in [5.74, 6) is 0.591. The van der Waals surface area contributed by atoms with Gasteiger partial charge in [-0.05, 0) is 28.1 Å². The quantitative estimate of drug-likeness (QED) is 0.781. The molecule has 1 aromatic heterocycles. The van der Waals surface area contributed by atoms with Crippen LogP contribution in [-0.4, -0.2) is 20.7 Å². The summed E-state index contributed by atoms with van der Waals surface area (Å²) in [6, 6.07) is 4.39. The summed E-state index contributed by atoms with van der Waals surface area (Å²) >= 11 is 3.21. The molecule has 2 aromatic rings. The van der Waals surface area contributed by atoms with E-state index in [2.05, 4.69) is 25.8 Å². The zero-order chi connectivity index (χ0) is 14.8. The van der Waals surface area contributed by atoms with Crippen molar-refractivity contribution in [2.45, 2.75) is 11.4 Å². The van der Waals surface area contributed by atoms with Gasteiger partial charge < -0.3 is 15.0 Å². The molecule has 0 spiro atoms. The van der Waals surface area contributed by atoms with Gasteiger partial charge in [-0.1, -0.05) is 5.16 Å². The fourth-order valence-corrected chi connectivity index (χ4v) is 3.00. The number of anilines is 1. The first-order valence-corrected chi connectivity index (χ1v) is 7.74. The summed E-state index contributed by atoms with van der Waals surface area (Å²) in [6.07, 6.45) is 1.43. The highest BCUT2D eigenvalue weighted by molar-refractivity contribution is 9.10. The molecule has 9 heteroatoms. The molecule has 1 aromatic carbocycles. The Morgan fingerprint density at radius 1 is 1.50 bits per heavy atom. The Morgan fingerprint density at radius 2 is 2.25 bits per heavy atom. The number of nitrogens with two attached hydrogens (primary N) is 1.